The minimum atomic E-state index is -0.00656. The number of hydrogen-bond donors (Lipinski definition) is 1. The highest BCUT2D eigenvalue weighted by Crippen LogP contribution is 2.40. The molecule has 2 atom stereocenters. The first-order valence-corrected chi connectivity index (χ1v) is 10.5. The summed E-state index contributed by atoms with van der Waals surface area (Å²) < 4.78 is 4.03. The number of nitrogens with zero attached hydrogens (tertiary/aromatic N) is 7. The van der Waals surface area contributed by atoms with Crippen molar-refractivity contribution in [3.05, 3.63) is 65.8 Å². The zero-order chi connectivity index (χ0) is 21.3. The Balaban J connectivity index is 1.75. The molecule has 0 radical (unpaired) electrons. The number of nitrogens with one attached hydrogen (secondary N) is 1. The topological polar surface area (TPSA) is 67.0 Å². The molecule has 0 aliphatic carbocycles. The Morgan fingerprint density at radius 1 is 1.17 bits per heavy atom. The van der Waals surface area contributed by atoms with Gasteiger partial charge in [-0.3, -0.25) is 9.66 Å². The van der Waals surface area contributed by atoms with Crippen LogP contribution in [0.25, 0.3) is 0 Å². The largest absolute Gasteiger partial charge is 0.352 e. The Morgan fingerprint density at radius 3 is 2.60 bits per heavy atom. The molecule has 4 rings (SSSR count). The lowest BCUT2D eigenvalue weighted by Gasteiger charge is -2.28. The van der Waals surface area contributed by atoms with Crippen molar-refractivity contribution in [2.24, 2.45) is 0 Å². The average molecular weight is 425 g/mol. The molecule has 0 spiro atoms. The van der Waals surface area contributed by atoms with Crippen LogP contribution in [-0.2, 0) is 0 Å². The molecule has 0 amide bonds. The van der Waals surface area contributed by atoms with E-state index in [1.807, 2.05) is 23.0 Å². The normalized spacial score (nSPS) is 19.0. The van der Waals surface area contributed by atoms with E-state index in [4.69, 9.17) is 12.2 Å². The summed E-state index contributed by atoms with van der Waals surface area (Å²) in [5.41, 5.74) is 4.48. The molecule has 1 saturated heterocycles. The monoisotopic (exact) mass is 424 g/mol. The van der Waals surface area contributed by atoms with Crippen molar-refractivity contribution in [3.8, 4) is 0 Å². The molecule has 0 unspecified atom stereocenters. The van der Waals surface area contributed by atoms with Crippen LogP contribution < -0.4 is 5.32 Å². The van der Waals surface area contributed by atoms with E-state index in [-0.39, 0.29) is 12.1 Å². The predicted molar refractivity (Wildman–Crippen MR) is 120 cm³/mol. The summed E-state index contributed by atoms with van der Waals surface area (Å²) in [6.07, 6.45) is 6.30. The molecule has 158 valence electrons. The molecule has 30 heavy (non-hydrogen) atoms. The van der Waals surface area contributed by atoms with Gasteiger partial charge in [0.05, 0.1) is 17.8 Å². The average Bonchev–Trinajstić information content (AvgIpc) is 3.41. The van der Waals surface area contributed by atoms with Gasteiger partial charge in [0, 0.05) is 29.7 Å². The zero-order valence-electron chi connectivity index (χ0n) is 17.9. The third-order valence-corrected chi connectivity index (χ3v) is 5.94. The van der Waals surface area contributed by atoms with E-state index in [0.29, 0.717) is 0 Å². The van der Waals surface area contributed by atoms with Crippen molar-refractivity contribution in [2.75, 3.05) is 27.2 Å². The first-order chi connectivity index (χ1) is 14.5. The molecule has 1 aliphatic heterocycles. The Labute approximate surface area is 182 Å². The maximum Gasteiger partial charge on any atom is 0.170 e. The number of aromatic nitrogens is 5. The molecular weight excluding hydrogens is 396 g/mol. The fourth-order valence-electron chi connectivity index (χ4n) is 4.27. The standard InChI is InChI=1S/C21H28N8S/c1-15-12-17(16(2)29(15)27-13-23-24-14-27)20-19(18-8-5-6-9-22-18)25-21(30)28(20)11-7-10-26(3)4/h5-6,8-9,12-14,19-20H,7,10-11H2,1-4H3,(H,25,30)/t19-,20-/m1/s1. The molecular formula is C21H28N8S. The fourth-order valence-corrected chi connectivity index (χ4v) is 4.60. The van der Waals surface area contributed by atoms with Gasteiger partial charge in [-0.05, 0) is 71.3 Å². The van der Waals surface area contributed by atoms with E-state index >= 15 is 0 Å². The molecule has 4 heterocycles. The molecule has 0 aromatic carbocycles. The van der Waals surface area contributed by atoms with E-state index in [2.05, 4.69) is 75.0 Å². The highest BCUT2D eigenvalue weighted by Gasteiger charge is 2.41. The van der Waals surface area contributed by atoms with Crippen LogP contribution in [0, 0.1) is 13.8 Å². The number of aryl methyl sites for hydroxylation is 1. The maximum atomic E-state index is 5.78. The SMILES string of the molecule is Cc1cc([C@@H]2[C@@H](c3ccccn3)NC(=S)N2CCCN(C)C)c(C)n1-n1cnnc1. The summed E-state index contributed by atoms with van der Waals surface area (Å²) in [6, 6.07) is 8.33. The van der Waals surface area contributed by atoms with Gasteiger partial charge in [0.15, 0.2) is 5.11 Å². The number of hydrogen-bond acceptors (Lipinski definition) is 5. The van der Waals surface area contributed by atoms with Crippen LogP contribution in [-0.4, -0.2) is 66.6 Å². The van der Waals surface area contributed by atoms with Gasteiger partial charge in [-0.15, -0.1) is 10.2 Å². The summed E-state index contributed by atoms with van der Waals surface area (Å²) in [5, 5.41) is 12.3. The molecule has 0 bridgehead atoms. The molecule has 3 aromatic rings. The molecule has 0 saturated carbocycles. The van der Waals surface area contributed by atoms with Gasteiger partial charge >= 0.3 is 0 Å². The lowest BCUT2D eigenvalue weighted by atomic mass is 9.96. The van der Waals surface area contributed by atoms with Gasteiger partial charge in [-0.25, -0.2) is 4.68 Å². The van der Waals surface area contributed by atoms with Crippen LogP contribution in [0.2, 0.25) is 0 Å². The highest BCUT2D eigenvalue weighted by atomic mass is 32.1. The Hall–Kier alpha value is -2.78. The van der Waals surface area contributed by atoms with Crippen LogP contribution in [0.3, 0.4) is 0 Å². The van der Waals surface area contributed by atoms with Crippen molar-refractivity contribution >= 4 is 17.3 Å². The van der Waals surface area contributed by atoms with Crippen LogP contribution in [0.1, 0.15) is 41.1 Å². The predicted octanol–water partition coefficient (Wildman–Crippen LogP) is 2.33. The molecule has 1 fully saturated rings. The summed E-state index contributed by atoms with van der Waals surface area (Å²) in [5.74, 6) is 0. The fraction of sp³-hybridized carbons (Fsp3) is 0.429. The lowest BCUT2D eigenvalue weighted by Crippen LogP contribution is -2.32. The Kier molecular flexibility index (Phi) is 5.83. The van der Waals surface area contributed by atoms with E-state index < -0.39 is 0 Å². The summed E-state index contributed by atoms with van der Waals surface area (Å²) in [6.45, 7) is 6.13. The summed E-state index contributed by atoms with van der Waals surface area (Å²) in [4.78, 5) is 9.15. The van der Waals surface area contributed by atoms with E-state index in [1.54, 1.807) is 12.7 Å². The van der Waals surface area contributed by atoms with Gasteiger partial charge < -0.3 is 15.1 Å². The van der Waals surface area contributed by atoms with Crippen molar-refractivity contribution in [3.63, 3.8) is 0 Å². The van der Waals surface area contributed by atoms with Crippen LogP contribution in [0.5, 0.6) is 0 Å². The highest BCUT2D eigenvalue weighted by molar-refractivity contribution is 7.80. The van der Waals surface area contributed by atoms with Gasteiger partial charge in [-0.2, -0.15) is 0 Å². The molecule has 8 nitrogen and oxygen atoms in total. The minimum absolute atomic E-state index is 0.00656. The third kappa shape index (κ3) is 3.82. The minimum Gasteiger partial charge on any atom is -0.352 e. The quantitative estimate of drug-likeness (QED) is 0.584. The van der Waals surface area contributed by atoms with Gasteiger partial charge in [0.25, 0.3) is 0 Å². The van der Waals surface area contributed by atoms with Crippen molar-refractivity contribution in [1.29, 1.82) is 0 Å². The number of pyridine rings is 1. The van der Waals surface area contributed by atoms with Crippen molar-refractivity contribution < 1.29 is 0 Å². The van der Waals surface area contributed by atoms with Gasteiger partial charge in [-0.1, -0.05) is 6.07 Å². The second-order valence-electron chi connectivity index (χ2n) is 7.96. The second-order valence-corrected chi connectivity index (χ2v) is 8.34. The van der Waals surface area contributed by atoms with E-state index in [0.717, 1.165) is 41.7 Å². The van der Waals surface area contributed by atoms with Crippen LogP contribution in [0.15, 0.2) is 43.1 Å². The second kappa shape index (κ2) is 8.53. The summed E-state index contributed by atoms with van der Waals surface area (Å²) in [7, 11) is 4.20. The molecule has 9 heteroatoms. The van der Waals surface area contributed by atoms with Gasteiger partial charge in [0.1, 0.15) is 12.7 Å². The first-order valence-electron chi connectivity index (χ1n) is 10.1. The number of thiocarbonyl (C=S) groups is 1. The smallest absolute Gasteiger partial charge is 0.170 e. The Bertz CT molecular complexity index is 996. The molecule has 1 N–H and O–H groups in total. The van der Waals surface area contributed by atoms with Crippen LogP contribution >= 0.6 is 12.2 Å². The first kappa shape index (κ1) is 20.5. The third-order valence-electron chi connectivity index (χ3n) is 5.59. The van der Waals surface area contributed by atoms with Gasteiger partial charge in [0.2, 0.25) is 0 Å². The van der Waals surface area contributed by atoms with Crippen molar-refractivity contribution in [1.82, 2.24) is 39.7 Å². The van der Waals surface area contributed by atoms with E-state index in [1.165, 1.54) is 5.56 Å². The van der Waals surface area contributed by atoms with E-state index in [9.17, 15) is 0 Å². The zero-order valence-corrected chi connectivity index (χ0v) is 18.7. The summed E-state index contributed by atoms with van der Waals surface area (Å²) >= 11 is 5.78. The molecule has 3 aromatic heterocycles. The van der Waals surface area contributed by atoms with Crippen molar-refractivity contribution in [2.45, 2.75) is 32.4 Å². The maximum absolute atomic E-state index is 5.78. The lowest BCUT2D eigenvalue weighted by molar-refractivity contribution is 0.292. The Morgan fingerprint density at radius 2 is 1.93 bits per heavy atom. The number of rotatable bonds is 7. The van der Waals surface area contributed by atoms with Crippen LogP contribution in [0.4, 0.5) is 0 Å². The molecule has 1 aliphatic rings.